The number of benzene rings is 2. The van der Waals surface area contributed by atoms with E-state index in [1.807, 2.05) is 31.2 Å². The van der Waals surface area contributed by atoms with Gasteiger partial charge in [-0.25, -0.2) is 8.42 Å². The zero-order chi connectivity index (χ0) is 22.8. The third-order valence-corrected chi connectivity index (χ3v) is 7.50. The number of amides is 1. The van der Waals surface area contributed by atoms with Crippen molar-refractivity contribution < 1.29 is 17.9 Å². The summed E-state index contributed by atoms with van der Waals surface area (Å²) in [6.45, 7) is 11.3. The summed E-state index contributed by atoms with van der Waals surface area (Å²) in [5, 5.41) is 0. The van der Waals surface area contributed by atoms with Gasteiger partial charge in [-0.3, -0.25) is 4.79 Å². The van der Waals surface area contributed by atoms with Crippen molar-refractivity contribution in [3.05, 3.63) is 59.7 Å². The van der Waals surface area contributed by atoms with E-state index < -0.39 is 16.1 Å². The van der Waals surface area contributed by atoms with Crippen LogP contribution in [0.2, 0.25) is 0 Å². The smallest absolute Gasteiger partial charge is 0.263 e. The van der Waals surface area contributed by atoms with Crippen molar-refractivity contribution in [2.24, 2.45) is 0 Å². The highest BCUT2D eigenvalue weighted by molar-refractivity contribution is 7.89. The van der Waals surface area contributed by atoms with Gasteiger partial charge in [0, 0.05) is 26.2 Å². The Morgan fingerprint density at radius 3 is 2.00 bits per heavy atom. The second-order valence-corrected chi connectivity index (χ2v) is 11.0. The molecule has 0 spiro atoms. The van der Waals surface area contributed by atoms with E-state index in [9.17, 15) is 13.2 Å². The first kappa shape index (κ1) is 23.3. The van der Waals surface area contributed by atoms with Gasteiger partial charge in [0.15, 0.2) is 6.10 Å². The zero-order valence-electron chi connectivity index (χ0n) is 19.0. The zero-order valence-corrected chi connectivity index (χ0v) is 19.8. The minimum absolute atomic E-state index is 0.0541. The van der Waals surface area contributed by atoms with Gasteiger partial charge in [0.1, 0.15) is 5.75 Å². The van der Waals surface area contributed by atoms with Crippen LogP contribution in [0, 0.1) is 6.92 Å². The molecule has 2 aromatic rings. The first-order valence-corrected chi connectivity index (χ1v) is 12.1. The molecule has 1 fully saturated rings. The SMILES string of the molecule is Cc1ccc(S(=O)(=O)N2CCN(C(=O)[C@H](C)Oc3ccc(C(C)(C)C)cc3)CC2)cc1. The van der Waals surface area contributed by atoms with E-state index in [1.54, 1.807) is 36.1 Å². The molecule has 0 unspecified atom stereocenters. The van der Waals surface area contributed by atoms with E-state index in [0.717, 1.165) is 5.56 Å². The van der Waals surface area contributed by atoms with Crippen LogP contribution in [0.1, 0.15) is 38.8 Å². The summed E-state index contributed by atoms with van der Waals surface area (Å²) in [5.74, 6) is 0.515. The summed E-state index contributed by atoms with van der Waals surface area (Å²) in [6, 6.07) is 14.6. The first-order valence-electron chi connectivity index (χ1n) is 10.6. The normalized spacial score (nSPS) is 16.7. The molecule has 1 atom stereocenters. The summed E-state index contributed by atoms with van der Waals surface area (Å²) in [6.07, 6.45) is -0.638. The molecule has 1 amide bonds. The monoisotopic (exact) mass is 444 g/mol. The molecule has 7 heteroatoms. The molecule has 1 saturated heterocycles. The molecule has 6 nitrogen and oxygen atoms in total. The maximum atomic E-state index is 12.8. The van der Waals surface area contributed by atoms with Crippen LogP contribution < -0.4 is 4.74 Å². The molecule has 31 heavy (non-hydrogen) atoms. The third-order valence-electron chi connectivity index (χ3n) is 5.59. The number of aryl methyl sites for hydroxylation is 1. The summed E-state index contributed by atoms with van der Waals surface area (Å²) < 4.78 is 33.0. The van der Waals surface area contributed by atoms with Gasteiger partial charge in [-0.05, 0) is 49.1 Å². The van der Waals surface area contributed by atoms with E-state index in [0.29, 0.717) is 18.8 Å². The van der Waals surface area contributed by atoms with Crippen LogP contribution in [-0.2, 0) is 20.2 Å². The molecule has 2 aromatic carbocycles. The van der Waals surface area contributed by atoms with Crippen molar-refractivity contribution in [2.75, 3.05) is 26.2 Å². The number of piperazine rings is 1. The molecule has 168 valence electrons. The molecule has 1 aliphatic rings. The van der Waals surface area contributed by atoms with E-state index in [2.05, 4.69) is 20.8 Å². The van der Waals surface area contributed by atoms with Crippen molar-refractivity contribution in [2.45, 2.75) is 51.0 Å². The van der Waals surface area contributed by atoms with E-state index in [-0.39, 0.29) is 29.3 Å². The molecule has 0 bridgehead atoms. The van der Waals surface area contributed by atoms with Crippen molar-refractivity contribution >= 4 is 15.9 Å². The minimum atomic E-state index is -3.55. The van der Waals surface area contributed by atoms with Crippen LogP contribution in [0.4, 0.5) is 0 Å². The summed E-state index contributed by atoms with van der Waals surface area (Å²) in [5.41, 5.74) is 2.26. The van der Waals surface area contributed by atoms with Gasteiger partial charge in [0.05, 0.1) is 4.90 Å². The number of hydrogen-bond acceptors (Lipinski definition) is 4. The highest BCUT2D eigenvalue weighted by Crippen LogP contribution is 2.25. The Morgan fingerprint density at radius 2 is 1.48 bits per heavy atom. The van der Waals surface area contributed by atoms with E-state index >= 15 is 0 Å². The number of sulfonamides is 1. The number of nitrogens with zero attached hydrogens (tertiary/aromatic N) is 2. The molecule has 3 rings (SSSR count). The topological polar surface area (TPSA) is 66.9 Å². The second kappa shape index (κ2) is 9.01. The number of carbonyl (C=O) groups is 1. The molecular formula is C24H32N2O4S. The van der Waals surface area contributed by atoms with Crippen molar-refractivity contribution in [1.29, 1.82) is 0 Å². The molecule has 1 aliphatic heterocycles. The first-order chi connectivity index (χ1) is 14.5. The van der Waals surface area contributed by atoms with Gasteiger partial charge in [0.25, 0.3) is 5.91 Å². The van der Waals surface area contributed by atoms with E-state index in [4.69, 9.17) is 4.74 Å². The summed E-state index contributed by atoms with van der Waals surface area (Å²) >= 11 is 0. The average molecular weight is 445 g/mol. The Kier molecular flexibility index (Phi) is 6.76. The van der Waals surface area contributed by atoms with Crippen LogP contribution in [0.15, 0.2) is 53.4 Å². The molecule has 0 saturated carbocycles. The number of carbonyl (C=O) groups excluding carboxylic acids is 1. The lowest BCUT2D eigenvalue weighted by Gasteiger charge is -2.35. The molecule has 0 radical (unpaired) electrons. The van der Waals surface area contributed by atoms with Gasteiger partial charge >= 0.3 is 0 Å². The van der Waals surface area contributed by atoms with Crippen LogP contribution in [-0.4, -0.2) is 55.8 Å². The molecule has 0 aromatic heterocycles. The lowest BCUT2D eigenvalue weighted by molar-refractivity contribution is -0.139. The summed E-state index contributed by atoms with van der Waals surface area (Å²) in [4.78, 5) is 14.8. The van der Waals surface area contributed by atoms with Gasteiger partial charge in [-0.2, -0.15) is 4.31 Å². The second-order valence-electron chi connectivity index (χ2n) is 9.08. The van der Waals surface area contributed by atoms with Crippen molar-refractivity contribution in [1.82, 2.24) is 9.21 Å². The van der Waals surface area contributed by atoms with Crippen LogP contribution in [0.3, 0.4) is 0 Å². The van der Waals surface area contributed by atoms with Crippen molar-refractivity contribution in [3.8, 4) is 5.75 Å². The summed E-state index contributed by atoms with van der Waals surface area (Å²) in [7, 11) is -3.55. The molecular weight excluding hydrogens is 412 g/mol. The quantitative estimate of drug-likeness (QED) is 0.707. The maximum absolute atomic E-state index is 12.8. The predicted octanol–water partition coefficient (Wildman–Crippen LogP) is 3.59. The standard InChI is InChI=1S/C24H32N2O4S/c1-18-6-12-22(13-7-18)31(28,29)26-16-14-25(15-17-26)23(27)19(2)30-21-10-8-20(9-11-21)24(3,4)5/h6-13,19H,14-17H2,1-5H3/t19-/m0/s1. The van der Waals surface area contributed by atoms with Gasteiger partial charge in [-0.15, -0.1) is 0 Å². The Balaban J connectivity index is 1.57. The van der Waals surface area contributed by atoms with Gasteiger partial charge < -0.3 is 9.64 Å². The lowest BCUT2D eigenvalue weighted by atomic mass is 9.87. The Morgan fingerprint density at radius 1 is 0.935 bits per heavy atom. The Hall–Kier alpha value is -2.38. The maximum Gasteiger partial charge on any atom is 0.263 e. The number of ether oxygens (including phenoxy) is 1. The van der Waals surface area contributed by atoms with Crippen LogP contribution in [0.5, 0.6) is 5.75 Å². The third kappa shape index (κ3) is 5.46. The van der Waals surface area contributed by atoms with Crippen molar-refractivity contribution in [3.63, 3.8) is 0 Å². The Labute approximate surface area is 185 Å². The van der Waals surface area contributed by atoms with Gasteiger partial charge in [0.2, 0.25) is 10.0 Å². The van der Waals surface area contributed by atoms with Crippen LogP contribution in [0.25, 0.3) is 0 Å². The van der Waals surface area contributed by atoms with E-state index in [1.165, 1.54) is 9.87 Å². The minimum Gasteiger partial charge on any atom is -0.481 e. The largest absolute Gasteiger partial charge is 0.481 e. The fourth-order valence-electron chi connectivity index (χ4n) is 3.55. The highest BCUT2D eigenvalue weighted by Gasteiger charge is 2.32. The molecule has 0 N–H and O–H groups in total. The number of rotatable bonds is 5. The Bertz CT molecular complexity index is 1000. The fourth-order valence-corrected chi connectivity index (χ4v) is 4.98. The molecule has 1 heterocycles. The van der Waals surface area contributed by atoms with Crippen LogP contribution >= 0.6 is 0 Å². The average Bonchev–Trinajstić information content (AvgIpc) is 2.73. The predicted molar refractivity (Wildman–Crippen MR) is 122 cm³/mol. The van der Waals surface area contributed by atoms with Gasteiger partial charge in [-0.1, -0.05) is 50.6 Å². The fraction of sp³-hybridized carbons (Fsp3) is 0.458. The molecule has 0 aliphatic carbocycles. The highest BCUT2D eigenvalue weighted by atomic mass is 32.2. The number of hydrogen-bond donors (Lipinski definition) is 0. The lowest BCUT2D eigenvalue weighted by Crippen LogP contribution is -2.53.